The Balaban J connectivity index is 0.000000952. The largest absolute Gasteiger partial charge is 0.465 e. The number of primary amides is 1. The second kappa shape index (κ2) is 19.7. The molecule has 0 saturated carbocycles. The Bertz CT molecular complexity index is 1100. The first kappa shape index (κ1) is 34.6. The van der Waals surface area contributed by atoms with Gasteiger partial charge in [-0.2, -0.15) is 0 Å². The Morgan fingerprint density at radius 2 is 1.71 bits per heavy atom. The van der Waals surface area contributed by atoms with Gasteiger partial charge in [-0.1, -0.05) is 81.3 Å². The number of nitrogens with two attached hydrogens (primary N) is 1. The fourth-order valence-electron chi connectivity index (χ4n) is 3.37. The number of hydrogen-bond donors (Lipinski definition) is 3. The van der Waals surface area contributed by atoms with Crippen LogP contribution in [0.25, 0.3) is 0 Å². The van der Waals surface area contributed by atoms with Crippen LogP contribution in [0.5, 0.6) is 0 Å². The van der Waals surface area contributed by atoms with E-state index in [-0.39, 0.29) is 22.3 Å². The van der Waals surface area contributed by atoms with Crippen LogP contribution in [0.15, 0.2) is 66.6 Å². The van der Waals surface area contributed by atoms with E-state index in [0.29, 0.717) is 30.4 Å². The van der Waals surface area contributed by atoms with E-state index < -0.39 is 12.0 Å². The maximum Gasteiger partial charge on any atom is 0.411 e. The molecule has 0 aromatic heterocycles. The number of benzene rings is 2. The van der Waals surface area contributed by atoms with E-state index in [1.165, 1.54) is 11.8 Å². The number of carboxylic acid groups (broad SMARTS) is 1. The van der Waals surface area contributed by atoms with E-state index >= 15 is 0 Å². The number of aryl methyl sites for hydroxylation is 2. The van der Waals surface area contributed by atoms with Crippen molar-refractivity contribution in [2.75, 3.05) is 5.75 Å². The molecule has 2 aromatic carbocycles. The van der Waals surface area contributed by atoms with Gasteiger partial charge in [-0.25, -0.2) is 4.79 Å². The number of nitrogens with one attached hydrogen (secondary N) is 1. The zero-order chi connectivity index (χ0) is 29.1. The normalized spacial score (nSPS) is 11.2. The molecule has 206 valence electrons. The van der Waals surface area contributed by atoms with Gasteiger partial charge in [0, 0.05) is 17.7 Å². The van der Waals surface area contributed by atoms with Gasteiger partial charge in [-0.15, -0.1) is 24.9 Å². The second-order valence-electron chi connectivity index (χ2n) is 7.48. The van der Waals surface area contributed by atoms with Crippen LogP contribution < -0.4 is 11.1 Å². The van der Waals surface area contributed by atoms with Crippen molar-refractivity contribution in [1.29, 1.82) is 0 Å². The number of halogens is 1. The molecular formula is C29H37ClN2O5S. The van der Waals surface area contributed by atoms with Crippen molar-refractivity contribution in [2.24, 2.45) is 5.73 Å². The first-order chi connectivity index (χ1) is 18.2. The predicted octanol–water partition coefficient (Wildman–Crippen LogP) is 6.84. The number of allylic oxidation sites excluding steroid dienone is 1. The van der Waals surface area contributed by atoms with Gasteiger partial charge in [0.05, 0.1) is 15.5 Å². The van der Waals surface area contributed by atoms with Gasteiger partial charge in [-0.3, -0.25) is 19.7 Å². The Kier molecular flexibility index (Phi) is 18.0. The smallest absolute Gasteiger partial charge is 0.411 e. The highest BCUT2D eigenvalue weighted by atomic mass is 35.5. The summed E-state index contributed by atoms with van der Waals surface area (Å²) in [6.07, 6.45) is 3.62. The van der Waals surface area contributed by atoms with Crippen LogP contribution in [-0.4, -0.2) is 34.6 Å². The van der Waals surface area contributed by atoms with E-state index in [9.17, 15) is 19.2 Å². The van der Waals surface area contributed by atoms with E-state index in [0.717, 1.165) is 29.1 Å². The van der Waals surface area contributed by atoms with Crippen LogP contribution in [0.2, 0.25) is 5.02 Å². The van der Waals surface area contributed by atoms with Crippen LogP contribution in [0.3, 0.4) is 0 Å². The molecule has 9 heteroatoms. The van der Waals surface area contributed by atoms with Crippen molar-refractivity contribution in [3.05, 3.63) is 93.9 Å². The maximum absolute atomic E-state index is 12.2. The van der Waals surface area contributed by atoms with Gasteiger partial charge in [0.15, 0.2) is 5.78 Å². The summed E-state index contributed by atoms with van der Waals surface area (Å²) in [5.41, 5.74) is 7.33. The van der Waals surface area contributed by atoms with Crippen LogP contribution >= 0.6 is 23.4 Å². The van der Waals surface area contributed by atoms with Gasteiger partial charge < -0.3 is 10.8 Å². The lowest BCUT2D eigenvalue weighted by molar-refractivity contribution is -0.113. The first-order valence-corrected chi connectivity index (χ1v) is 13.7. The van der Waals surface area contributed by atoms with E-state index in [1.807, 2.05) is 56.4 Å². The molecule has 0 atom stereocenters. The predicted molar refractivity (Wildman–Crippen MR) is 157 cm³/mol. The molecule has 0 bridgehead atoms. The number of Topliss-reactive ketones (excluding diaryl/α,β-unsaturated/α-hetero) is 1. The fourth-order valence-corrected chi connectivity index (χ4v) is 4.55. The molecule has 3 amide bonds. The number of carbonyl (C=O) groups excluding carboxylic acids is 3. The third-order valence-electron chi connectivity index (χ3n) is 4.88. The van der Waals surface area contributed by atoms with E-state index in [2.05, 4.69) is 13.2 Å². The topological polar surface area (TPSA) is 127 Å². The minimum Gasteiger partial charge on any atom is -0.465 e. The summed E-state index contributed by atoms with van der Waals surface area (Å²) in [6, 6.07) is 12.5. The minimum atomic E-state index is -1.42. The van der Waals surface area contributed by atoms with Crippen LogP contribution in [0.4, 0.5) is 4.79 Å². The number of ketones is 1. The van der Waals surface area contributed by atoms with Crippen molar-refractivity contribution in [1.82, 2.24) is 5.32 Å². The van der Waals surface area contributed by atoms with E-state index in [1.54, 1.807) is 18.2 Å². The molecule has 1 aliphatic heterocycles. The number of rotatable bonds is 8. The van der Waals surface area contributed by atoms with Crippen LogP contribution in [0, 0.1) is 0 Å². The number of carbonyl (C=O) groups is 4. The third kappa shape index (κ3) is 12.3. The molecule has 0 aliphatic carbocycles. The van der Waals surface area contributed by atoms with E-state index in [4.69, 9.17) is 22.4 Å². The molecule has 1 heterocycles. The second-order valence-corrected chi connectivity index (χ2v) is 9.02. The summed E-state index contributed by atoms with van der Waals surface area (Å²) in [7, 11) is 0. The van der Waals surface area contributed by atoms with Gasteiger partial charge in [0.2, 0.25) is 0 Å². The highest BCUT2D eigenvalue weighted by molar-refractivity contribution is 8.04. The van der Waals surface area contributed by atoms with Crippen molar-refractivity contribution in [3.8, 4) is 0 Å². The molecule has 1 aliphatic rings. The van der Waals surface area contributed by atoms with Gasteiger partial charge in [0.1, 0.15) is 0 Å². The monoisotopic (exact) mass is 560 g/mol. The molecule has 2 aromatic rings. The van der Waals surface area contributed by atoms with Gasteiger partial charge >= 0.3 is 6.09 Å². The highest BCUT2D eigenvalue weighted by Crippen LogP contribution is 2.25. The quantitative estimate of drug-likeness (QED) is 0.240. The average molecular weight is 561 g/mol. The number of hydrogen-bond acceptors (Lipinski definition) is 5. The molecule has 4 N–H and O–H groups in total. The lowest BCUT2D eigenvalue weighted by atomic mass is 9.96. The summed E-state index contributed by atoms with van der Waals surface area (Å²) in [4.78, 5) is 46.1. The lowest BCUT2D eigenvalue weighted by Crippen LogP contribution is -2.29. The summed E-state index contributed by atoms with van der Waals surface area (Å²) < 4.78 is 0. The summed E-state index contributed by atoms with van der Waals surface area (Å²) in [5.74, 6) is 0.0231. The van der Waals surface area contributed by atoms with Crippen LogP contribution in [0.1, 0.15) is 71.9 Å². The Hall–Kier alpha value is -3.36. The fraction of sp³-hybridized carbons (Fsp3) is 0.310. The summed E-state index contributed by atoms with van der Waals surface area (Å²) in [6.45, 7) is 12.0. The number of amides is 3. The number of imide groups is 1. The first-order valence-electron chi connectivity index (χ1n) is 12.3. The minimum absolute atomic E-state index is 0.0338. The standard InChI is InChI=1S/C20H20ClNO4.C5H7NOS.C2H6.C2H4/c1-2-6-15-11-13(9-10-17(23)14-7-4-3-5-8-14)12-16(21)18(15)19(24)22-20(25)26;6-5(7)4-2-1-3-8-4;2*1-2/h3-5,7-8,11-12H,2,6,9-10H2,1H3,(H,22,24)(H,25,26);2H,1,3H2,(H2,6,7);1-2H3;1-2H2. The Morgan fingerprint density at radius 3 is 2.18 bits per heavy atom. The molecule has 7 nitrogen and oxygen atoms in total. The summed E-state index contributed by atoms with van der Waals surface area (Å²) >= 11 is 7.78. The van der Waals surface area contributed by atoms with Crippen molar-refractivity contribution in [2.45, 2.75) is 52.9 Å². The third-order valence-corrected chi connectivity index (χ3v) is 6.30. The maximum atomic E-state index is 12.2. The van der Waals surface area contributed by atoms with Crippen molar-refractivity contribution in [3.63, 3.8) is 0 Å². The molecule has 0 saturated heterocycles. The van der Waals surface area contributed by atoms with Crippen LogP contribution in [-0.2, 0) is 17.6 Å². The Morgan fingerprint density at radius 1 is 1.08 bits per heavy atom. The molecule has 3 rings (SSSR count). The lowest BCUT2D eigenvalue weighted by Gasteiger charge is -2.13. The van der Waals surface area contributed by atoms with Gasteiger partial charge in [-0.05, 0) is 36.5 Å². The zero-order valence-corrected chi connectivity index (χ0v) is 23.8. The molecule has 0 unspecified atom stereocenters. The average Bonchev–Trinajstić information content (AvgIpc) is 3.46. The molecule has 0 radical (unpaired) electrons. The van der Waals surface area contributed by atoms with Crippen molar-refractivity contribution >= 4 is 47.1 Å². The van der Waals surface area contributed by atoms with Gasteiger partial charge in [0.25, 0.3) is 11.8 Å². The van der Waals surface area contributed by atoms with Crippen molar-refractivity contribution < 1.29 is 24.3 Å². The molecule has 0 fully saturated rings. The zero-order valence-electron chi connectivity index (χ0n) is 22.2. The Labute approximate surface area is 234 Å². The molecular weight excluding hydrogens is 524 g/mol. The number of thioether (sulfide) groups is 1. The molecule has 0 spiro atoms. The summed E-state index contributed by atoms with van der Waals surface area (Å²) in [5, 5.41) is 10.8. The highest BCUT2D eigenvalue weighted by Gasteiger charge is 2.19. The SMILES string of the molecule is C=C.CC.CCCc1cc(CCC(=O)c2ccccc2)cc(Cl)c1C(=O)NC(=O)O.NC(=O)C1=CCCS1. The molecule has 38 heavy (non-hydrogen) atoms.